The predicted octanol–water partition coefficient (Wildman–Crippen LogP) is 2.63. The van der Waals surface area contributed by atoms with Crippen LogP contribution in [0.1, 0.15) is 23.6 Å². The molecule has 1 aliphatic carbocycles. The smallest absolute Gasteiger partial charge is 0.243 e. The summed E-state index contributed by atoms with van der Waals surface area (Å²) in [6, 6.07) is 5.93. The van der Waals surface area contributed by atoms with Gasteiger partial charge in [0.1, 0.15) is 0 Å². The molecule has 0 bridgehead atoms. The highest BCUT2D eigenvalue weighted by atomic mass is 35.5. The number of benzene rings is 1. The number of carbonyl (C=O) groups is 1. The van der Waals surface area contributed by atoms with Crippen LogP contribution < -0.4 is 5.32 Å². The van der Waals surface area contributed by atoms with Gasteiger partial charge in [0.2, 0.25) is 5.91 Å². The van der Waals surface area contributed by atoms with E-state index in [-0.39, 0.29) is 11.9 Å². The number of fused-ring (bicyclic) bond motifs is 1. The number of hydrogen-bond donors (Lipinski definition) is 1. The zero-order chi connectivity index (χ0) is 10.8. The van der Waals surface area contributed by atoms with Gasteiger partial charge in [-0.3, -0.25) is 4.79 Å². The Morgan fingerprint density at radius 3 is 3.13 bits per heavy atom. The van der Waals surface area contributed by atoms with Gasteiger partial charge in [0.25, 0.3) is 0 Å². The molecule has 1 aromatic rings. The predicted molar refractivity (Wildman–Crippen MR) is 60.9 cm³/mol. The molecule has 0 saturated carbocycles. The van der Waals surface area contributed by atoms with Gasteiger partial charge in [-0.15, -0.1) is 0 Å². The molecule has 0 heterocycles. The molecule has 78 valence electrons. The molecule has 1 aromatic carbocycles. The lowest BCUT2D eigenvalue weighted by molar-refractivity contribution is -0.117. The average Bonchev–Trinajstić information content (AvgIpc) is 2.60. The normalized spacial score (nSPS) is 18.3. The maximum atomic E-state index is 11.2. The first kappa shape index (κ1) is 10.2. The fourth-order valence-corrected chi connectivity index (χ4v) is 2.16. The number of hydrogen-bond acceptors (Lipinski definition) is 1. The number of rotatable bonds is 2. The number of aryl methyl sites for hydroxylation is 1. The van der Waals surface area contributed by atoms with E-state index in [0.29, 0.717) is 0 Å². The van der Waals surface area contributed by atoms with Crippen molar-refractivity contribution >= 4 is 17.5 Å². The van der Waals surface area contributed by atoms with Gasteiger partial charge in [-0.25, -0.2) is 0 Å². The minimum absolute atomic E-state index is 0.114. The van der Waals surface area contributed by atoms with Crippen molar-refractivity contribution in [3.05, 3.63) is 47.0 Å². The second-order valence-electron chi connectivity index (χ2n) is 3.65. The molecule has 0 aromatic heterocycles. The Morgan fingerprint density at radius 1 is 1.60 bits per heavy atom. The molecule has 3 heteroatoms. The lowest BCUT2D eigenvalue weighted by Crippen LogP contribution is -2.24. The molecule has 0 unspecified atom stereocenters. The van der Waals surface area contributed by atoms with Crippen molar-refractivity contribution in [2.45, 2.75) is 18.9 Å². The summed E-state index contributed by atoms with van der Waals surface area (Å²) in [7, 11) is 0. The molecular formula is C12H12ClNO. The average molecular weight is 222 g/mol. The van der Waals surface area contributed by atoms with Crippen molar-refractivity contribution in [1.82, 2.24) is 5.32 Å². The van der Waals surface area contributed by atoms with Crippen LogP contribution in [0.25, 0.3) is 0 Å². The molecule has 1 atom stereocenters. The summed E-state index contributed by atoms with van der Waals surface area (Å²) in [6.07, 6.45) is 3.21. The van der Waals surface area contributed by atoms with Crippen LogP contribution in [0.15, 0.2) is 30.9 Å². The Bertz CT molecular complexity index is 414. The van der Waals surface area contributed by atoms with Gasteiger partial charge in [-0.05, 0) is 42.2 Å². The van der Waals surface area contributed by atoms with E-state index >= 15 is 0 Å². The summed E-state index contributed by atoms with van der Waals surface area (Å²) in [5.74, 6) is -0.122. The quantitative estimate of drug-likeness (QED) is 0.765. The van der Waals surface area contributed by atoms with E-state index in [1.807, 2.05) is 18.2 Å². The van der Waals surface area contributed by atoms with Crippen LogP contribution in [-0.2, 0) is 11.2 Å². The lowest BCUT2D eigenvalue weighted by atomic mass is 10.1. The van der Waals surface area contributed by atoms with Crippen molar-refractivity contribution in [1.29, 1.82) is 0 Å². The summed E-state index contributed by atoms with van der Waals surface area (Å²) < 4.78 is 0. The lowest BCUT2D eigenvalue weighted by Gasteiger charge is -2.12. The van der Waals surface area contributed by atoms with E-state index in [1.165, 1.54) is 17.2 Å². The van der Waals surface area contributed by atoms with Gasteiger partial charge in [0, 0.05) is 5.02 Å². The van der Waals surface area contributed by atoms with Crippen molar-refractivity contribution in [2.24, 2.45) is 0 Å². The highest BCUT2D eigenvalue weighted by Crippen LogP contribution is 2.32. The fourth-order valence-electron chi connectivity index (χ4n) is 1.97. The van der Waals surface area contributed by atoms with Crippen molar-refractivity contribution < 1.29 is 4.79 Å². The van der Waals surface area contributed by atoms with Crippen LogP contribution >= 0.6 is 11.6 Å². The van der Waals surface area contributed by atoms with E-state index in [1.54, 1.807) is 0 Å². The van der Waals surface area contributed by atoms with Crippen LogP contribution in [0, 0.1) is 0 Å². The van der Waals surface area contributed by atoms with E-state index < -0.39 is 0 Å². The molecule has 1 N–H and O–H groups in total. The Balaban J connectivity index is 2.21. The molecule has 0 fully saturated rings. The highest BCUT2D eigenvalue weighted by molar-refractivity contribution is 6.30. The minimum Gasteiger partial charge on any atom is -0.346 e. The SMILES string of the molecule is C=CC(=O)N[C@@H]1CCc2cc(Cl)ccc21. The van der Waals surface area contributed by atoms with Crippen molar-refractivity contribution in [3.8, 4) is 0 Å². The van der Waals surface area contributed by atoms with Crippen LogP contribution in [0.4, 0.5) is 0 Å². The van der Waals surface area contributed by atoms with Gasteiger partial charge in [-0.1, -0.05) is 24.2 Å². The van der Waals surface area contributed by atoms with Gasteiger partial charge in [-0.2, -0.15) is 0 Å². The third-order valence-corrected chi connectivity index (χ3v) is 2.92. The standard InChI is InChI=1S/C12H12ClNO/c1-2-12(15)14-11-6-3-8-7-9(13)4-5-10(8)11/h2,4-5,7,11H,1,3,6H2,(H,14,15)/t11-/m1/s1. The first-order chi connectivity index (χ1) is 7.20. The third kappa shape index (κ3) is 2.05. The number of nitrogens with one attached hydrogen (secondary N) is 1. The van der Waals surface area contributed by atoms with E-state index in [0.717, 1.165) is 17.9 Å². The van der Waals surface area contributed by atoms with E-state index in [4.69, 9.17) is 11.6 Å². The molecular weight excluding hydrogens is 210 g/mol. The largest absolute Gasteiger partial charge is 0.346 e. The first-order valence-corrected chi connectivity index (χ1v) is 5.30. The molecule has 1 amide bonds. The summed E-state index contributed by atoms with van der Waals surface area (Å²) >= 11 is 5.90. The van der Waals surface area contributed by atoms with Crippen molar-refractivity contribution in [3.63, 3.8) is 0 Å². The molecule has 0 saturated heterocycles. The number of amides is 1. The Morgan fingerprint density at radius 2 is 2.40 bits per heavy atom. The van der Waals surface area contributed by atoms with Gasteiger partial charge >= 0.3 is 0 Å². The Labute approximate surface area is 93.9 Å². The summed E-state index contributed by atoms with van der Waals surface area (Å²) in [4.78, 5) is 11.2. The molecule has 15 heavy (non-hydrogen) atoms. The molecule has 0 spiro atoms. The number of halogens is 1. The van der Waals surface area contributed by atoms with Gasteiger partial charge < -0.3 is 5.32 Å². The van der Waals surface area contributed by atoms with Crippen LogP contribution in [0.3, 0.4) is 0 Å². The van der Waals surface area contributed by atoms with E-state index in [9.17, 15) is 4.79 Å². The molecule has 0 aliphatic heterocycles. The Hall–Kier alpha value is -1.28. The molecule has 0 radical (unpaired) electrons. The zero-order valence-electron chi connectivity index (χ0n) is 8.29. The third-order valence-electron chi connectivity index (χ3n) is 2.68. The van der Waals surface area contributed by atoms with Crippen LogP contribution in [0.2, 0.25) is 5.02 Å². The minimum atomic E-state index is -0.122. The summed E-state index contributed by atoms with van der Waals surface area (Å²) in [5.41, 5.74) is 2.41. The highest BCUT2D eigenvalue weighted by Gasteiger charge is 2.23. The monoisotopic (exact) mass is 221 g/mol. The molecule has 2 rings (SSSR count). The van der Waals surface area contributed by atoms with E-state index in [2.05, 4.69) is 11.9 Å². The Kier molecular flexibility index (Phi) is 2.78. The van der Waals surface area contributed by atoms with Crippen LogP contribution in [0.5, 0.6) is 0 Å². The maximum absolute atomic E-state index is 11.2. The summed E-state index contributed by atoms with van der Waals surface area (Å²) in [6.45, 7) is 3.44. The second-order valence-corrected chi connectivity index (χ2v) is 4.08. The summed E-state index contributed by atoms with van der Waals surface area (Å²) in [5, 5.41) is 3.66. The second kappa shape index (κ2) is 4.07. The zero-order valence-corrected chi connectivity index (χ0v) is 9.05. The number of carbonyl (C=O) groups excluding carboxylic acids is 1. The molecule has 2 nitrogen and oxygen atoms in total. The van der Waals surface area contributed by atoms with Crippen LogP contribution in [-0.4, -0.2) is 5.91 Å². The fraction of sp³-hybridized carbons (Fsp3) is 0.250. The molecule has 1 aliphatic rings. The first-order valence-electron chi connectivity index (χ1n) is 4.92. The van der Waals surface area contributed by atoms with Gasteiger partial charge in [0.15, 0.2) is 0 Å². The topological polar surface area (TPSA) is 29.1 Å². The maximum Gasteiger partial charge on any atom is 0.243 e. The van der Waals surface area contributed by atoms with Gasteiger partial charge in [0.05, 0.1) is 6.04 Å². The van der Waals surface area contributed by atoms with Crippen molar-refractivity contribution in [2.75, 3.05) is 0 Å².